The molecule has 2 nitrogen and oxygen atoms in total. The summed E-state index contributed by atoms with van der Waals surface area (Å²) in [6.07, 6.45) is 0. The number of H-pyrrole nitrogens is 1. The lowest BCUT2D eigenvalue weighted by atomic mass is 10.2. The van der Waals surface area contributed by atoms with Gasteiger partial charge in [-0.25, -0.2) is 8.78 Å². The van der Waals surface area contributed by atoms with Gasteiger partial charge in [-0.1, -0.05) is 12.1 Å². The zero-order valence-electron chi connectivity index (χ0n) is 10.4. The first kappa shape index (κ1) is 13.5. The molecule has 102 valence electrons. The molecule has 20 heavy (non-hydrogen) atoms. The van der Waals surface area contributed by atoms with Gasteiger partial charge in [-0.15, -0.1) is 0 Å². The summed E-state index contributed by atoms with van der Waals surface area (Å²) >= 11 is 8.38. The molecule has 0 bridgehead atoms. The maximum absolute atomic E-state index is 14.1. The standard InChI is InChI=1S/C14H9BrF2N2S/c1-7-3-2-4-9(16)13(7)19-12-5-8(15)10(17)6-11(12)18-14(19)20/h2-6H,1H3,(H,18,20). The van der Waals surface area contributed by atoms with Gasteiger partial charge < -0.3 is 4.98 Å². The second-order valence-electron chi connectivity index (χ2n) is 4.45. The third-order valence-electron chi connectivity index (χ3n) is 3.14. The van der Waals surface area contributed by atoms with Crippen LogP contribution in [-0.2, 0) is 0 Å². The van der Waals surface area contributed by atoms with Crippen LogP contribution in [0.5, 0.6) is 0 Å². The van der Waals surface area contributed by atoms with Gasteiger partial charge in [-0.05, 0) is 52.8 Å². The van der Waals surface area contributed by atoms with E-state index < -0.39 is 5.82 Å². The quantitative estimate of drug-likeness (QED) is 0.607. The number of rotatable bonds is 1. The second-order valence-corrected chi connectivity index (χ2v) is 5.70. The first-order chi connectivity index (χ1) is 9.49. The fourth-order valence-corrected chi connectivity index (χ4v) is 2.86. The van der Waals surface area contributed by atoms with Crippen LogP contribution in [0.25, 0.3) is 16.7 Å². The minimum atomic E-state index is -0.397. The fraction of sp³-hybridized carbons (Fsp3) is 0.0714. The molecule has 1 aromatic heterocycles. The van der Waals surface area contributed by atoms with E-state index in [9.17, 15) is 8.78 Å². The van der Waals surface area contributed by atoms with Crippen molar-refractivity contribution >= 4 is 39.2 Å². The van der Waals surface area contributed by atoms with E-state index >= 15 is 0 Å². The zero-order chi connectivity index (χ0) is 14.4. The summed E-state index contributed by atoms with van der Waals surface area (Å²) < 4.78 is 29.9. The molecular weight excluding hydrogens is 346 g/mol. The monoisotopic (exact) mass is 354 g/mol. The summed E-state index contributed by atoms with van der Waals surface area (Å²) in [5.74, 6) is -0.770. The lowest BCUT2D eigenvalue weighted by Crippen LogP contribution is -2.00. The Bertz CT molecular complexity index is 862. The van der Waals surface area contributed by atoms with Crippen molar-refractivity contribution in [2.24, 2.45) is 0 Å². The smallest absolute Gasteiger partial charge is 0.182 e. The number of nitrogens with one attached hydrogen (secondary N) is 1. The van der Waals surface area contributed by atoms with Crippen LogP contribution in [0.4, 0.5) is 8.78 Å². The number of hydrogen-bond donors (Lipinski definition) is 1. The molecule has 0 radical (unpaired) electrons. The van der Waals surface area contributed by atoms with E-state index in [0.717, 1.165) is 5.56 Å². The molecule has 3 rings (SSSR count). The van der Waals surface area contributed by atoms with Crippen LogP contribution in [0, 0.1) is 23.3 Å². The van der Waals surface area contributed by atoms with E-state index in [1.165, 1.54) is 12.1 Å². The number of para-hydroxylation sites is 1. The van der Waals surface area contributed by atoms with Crippen LogP contribution >= 0.6 is 28.1 Å². The third-order valence-corrected chi connectivity index (χ3v) is 4.03. The molecule has 0 spiro atoms. The van der Waals surface area contributed by atoms with Crippen molar-refractivity contribution in [2.45, 2.75) is 6.92 Å². The third kappa shape index (κ3) is 1.99. The molecule has 2 aromatic carbocycles. The predicted molar refractivity (Wildman–Crippen MR) is 80.8 cm³/mol. The topological polar surface area (TPSA) is 20.7 Å². The molecule has 1 heterocycles. The number of halogens is 3. The normalized spacial score (nSPS) is 11.2. The van der Waals surface area contributed by atoms with Gasteiger partial charge >= 0.3 is 0 Å². The Kier molecular flexibility index (Phi) is 3.22. The van der Waals surface area contributed by atoms with Gasteiger partial charge in [0.2, 0.25) is 0 Å². The number of aryl methyl sites for hydroxylation is 1. The maximum atomic E-state index is 14.1. The molecule has 0 saturated heterocycles. The number of aromatic nitrogens is 2. The molecule has 0 fully saturated rings. The van der Waals surface area contributed by atoms with Gasteiger partial charge in [0.25, 0.3) is 0 Å². The minimum Gasteiger partial charge on any atom is -0.330 e. The summed E-state index contributed by atoms with van der Waals surface area (Å²) in [5, 5.41) is 0. The number of imidazole rings is 1. The van der Waals surface area contributed by atoms with Crippen molar-refractivity contribution in [3.05, 3.63) is 56.8 Å². The van der Waals surface area contributed by atoms with Crippen molar-refractivity contribution in [1.82, 2.24) is 9.55 Å². The summed E-state index contributed by atoms with van der Waals surface area (Å²) in [4.78, 5) is 2.90. The van der Waals surface area contributed by atoms with Gasteiger partial charge in [0.1, 0.15) is 11.6 Å². The Balaban J connectivity index is 2.46. The lowest BCUT2D eigenvalue weighted by Gasteiger charge is -2.09. The summed E-state index contributed by atoms with van der Waals surface area (Å²) in [5.41, 5.74) is 2.28. The minimum absolute atomic E-state index is 0.307. The van der Waals surface area contributed by atoms with Gasteiger partial charge in [0.15, 0.2) is 4.77 Å². The van der Waals surface area contributed by atoms with Gasteiger partial charge in [0, 0.05) is 6.07 Å². The Labute approximate surface area is 127 Å². The summed E-state index contributed by atoms with van der Waals surface area (Å²) in [7, 11) is 0. The molecule has 3 aromatic rings. The Hall–Kier alpha value is -1.53. The fourth-order valence-electron chi connectivity index (χ4n) is 2.23. The van der Waals surface area contributed by atoms with Crippen LogP contribution in [0.15, 0.2) is 34.8 Å². The zero-order valence-corrected chi connectivity index (χ0v) is 12.8. The Morgan fingerprint density at radius 2 is 1.95 bits per heavy atom. The molecular formula is C14H9BrF2N2S. The molecule has 0 aliphatic heterocycles. The van der Waals surface area contributed by atoms with Crippen LogP contribution in [0.2, 0.25) is 0 Å². The van der Waals surface area contributed by atoms with Crippen molar-refractivity contribution in [2.75, 3.05) is 0 Å². The van der Waals surface area contributed by atoms with Crippen molar-refractivity contribution < 1.29 is 8.78 Å². The number of hydrogen-bond acceptors (Lipinski definition) is 1. The molecule has 6 heteroatoms. The molecule has 0 saturated carbocycles. The molecule has 0 aliphatic rings. The van der Waals surface area contributed by atoms with Crippen molar-refractivity contribution in [1.29, 1.82) is 0 Å². The average Bonchev–Trinajstić information content (AvgIpc) is 2.67. The number of nitrogens with zero attached hydrogens (tertiary/aromatic N) is 1. The van der Waals surface area contributed by atoms with Crippen LogP contribution in [-0.4, -0.2) is 9.55 Å². The van der Waals surface area contributed by atoms with Crippen molar-refractivity contribution in [3.63, 3.8) is 0 Å². The largest absolute Gasteiger partial charge is 0.330 e. The average molecular weight is 355 g/mol. The van der Waals surface area contributed by atoms with Crippen LogP contribution in [0.3, 0.4) is 0 Å². The van der Waals surface area contributed by atoms with Crippen LogP contribution < -0.4 is 0 Å². The highest BCUT2D eigenvalue weighted by molar-refractivity contribution is 9.10. The molecule has 0 atom stereocenters. The van der Waals surface area contributed by atoms with Crippen LogP contribution in [0.1, 0.15) is 5.56 Å². The van der Waals surface area contributed by atoms with E-state index in [-0.39, 0.29) is 5.82 Å². The number of fused-ring (bicyclic) bond motifs is 1. The van der Waals surface area contributed by atoms with Gasteiger partial charge in [0.05, 0.1) is 21.2 Å². The van der Waals surface area contributed by atoms with Crippen molar-refractivity contribution in [3.8, 4) is 5.69 Å². The second kappa shape index (κ2) is 4.79. The molecule has 0 unspecified atom stereocenters. The molecule has 1 N–H and O–H groups in total. The Morgan fingerprint density at radius 1 is 1.20 bits per heavy atom. The van der Waals surface area contributed by atoms with Gasteiger partial charge in [-0.3, -0.25) is 4.57 Å². The number of aromatic amines is 1. The first-order valence-corrected chi connectivity index (χ1v) is 7.04. The maximum Gasteiger partial charge on any atom is 0.182 e. The number of benzene rings is 2. The van der Waals surface area contributed by atoms with E-state index in [2.05, 4.69) is 20.9 Å². The highest BCUT2D eigenvalue weighted by Gasteiger charge is 2.14. The highest BCUT2D eigenvalue weighted by atomic mass is 79.9. The van der Waals surface area contributed by atoms with E-state index in [1.54, 1.807) is 29.7 Å². The predicted octanol–water partition coefficient (Wildman–Crippen LogP) is 5.04. The highest BCUT2D eigenvalue weighted by Crippen LogP contribution is 2.28. The lowest BCUT2D eigenvalue weighted by molar-refractivity contribution is 0.617. The SMILES string of the molecule is Cc1cccc(F)c1-n1c(=S)[nH]c2cc(F)c(Br)cc21. The van der Waals surface area contributed by atoms with E-state index in [4.69, 9.17) is 12.2 Å². The summed E-state index contributed by atoms with van der Waals surface area (Å²) in [6, 6.07) is 7.74. The Morgan fingerprint density at radius 3 is 2.65 bits per heavy atom. The first-order valence-electron chi connectivity index (χ1n) is 5.84. The summed E-state index contributed by atoms with van der Waals surface area (Å²) in [6.45, 7) is 1.80. The molecule has 0 aliphatic carbocycles. The van der Waals surface area contributed by atoms with E-state index in [1.807, 2.05) is 0 Å². The van der Waals surface area contributed by atoms with E-state index in [0.29, 0.717) is 26.0 Å². The molecule has 0 amide bonds. The van der Waals surface area contributed by atoms with Gasteiger partial charge in [-0.2, -0.15) is 0 Å².